The third-order valence-corrected chi connectivity index (χ3v) is 3.73. The molecule has 2 heterocycles. The van der Waals surface area contributed by atoms with Crippen LogP contribution in [0.2, 0.25) is 0 Å². The molecule has 1 N–H and O–H groups in total. The minimum Gasteiger partial charge on any atom is -0.445 e. The van der Waals surface area contributed by atoms with Gasteiger partial charge in [0.15, 0.2) is 5.43 Å². The van der Waals surface area contributed by atoms with E-state index in [4.69, 9.17) is 4.74 Å². The first-order valence-corrected chi connectivity index (χ1v) is 7.26. The molecule has 2 aromatic rings. The van der Waals surface area contributed by atoms with Crippen LogP contribution in [0.3, 0.4) is 0 Å². The van der Waals surface area contributed by atoms with E-state index >= 15 is 0 Å². The normalized spacial score (nSPS) is 17.5. The van der Waals surface area contributed by atoms with Gasteiger partial charge in [-0.2, -0.15) is 5.10 Å². The lowest BCUT2D eigenvalue weighted by Gasteiger charge is -2.23. The van der Waals surface area contributed by atoms with E-state index in [1.807, 2.05) is 30.3 Å². The summed E-state index contributed by atoms with van der Waals surface area (Å²) < 4.78 is 5.37. The average molecular weight is 299 g/mol. The van der Waals surface area contributed by atoms with Gasteiger partial charge in [-0.3, -0.25) is 14.8 Å². The van der Waals surface area contributed by atoms with E-state index in [2.05, 4.69) is 10.2 Å². The molecule has 22 heavy (non-hydrogen) atoms. The van der Waals surface area contributed by atoms with E-state index in [1.54, 1.807) is 4.90 Å². The zero-order valence-electron chi connectivity index (χ0n) is 12.1. The van der Waals surface area contributed by atoms with Gasteiger partial charge in [0, 0.05) is 12.6 Å². The molecule has 1 aliphatic heterocycles. The Balaban J connectivity index is 1.67. The molecule has 3 rings (SSSR count). The lowest BCUT2D eigenvalue weighted by Crippen LogP contribution is -2.32. The van der Waals surface area contributed by atoms with Crippen molar-refractivity contribution in [3.8, 4) is 0 Å². The predicted octanol–water partition coefficient (Wildman–Crippen LogP) is 2.24. The highest BCUT2D eigenvalue weighted by Gasteiger charge is 2.31. The van der Waals surface area contributed by atoms with Crippen molar-refractivity contribution >= 4 is 6.09 Å². The molecule has 0 spiro atoms. The molecular weight excluding hydrogens is 282 g/mol. The van der Waals surface area contributed by atoms with Gasteiger partial charge < -0.3 is 4.74 Å². The Bertz CT molecular complexity index is 699. The van der Waals surface area contributed by atoms with Crippen LogP contribution in [0.15, 0.2) is 47.4 Å². The number of benzene rings is 1. The smallest absolute Gasteiger partial charge is 0.410 e. The maximum Gasteiger partial charge on any atom is 0.410 e. The second-order valence-electron chi connectivity index (χ2n) is 5.26. The molecule has 6 heteroatoms. The van der Waals surface area contributed by atoms with E-state index in [9.17, 15) is 9.59 Å². The summed E-state index contributed by atoms with van der Waals surface area (Å²) in [5.41, 5.74) is 1.43. The number of carbonyl (C=O) groups excluding carboxylic acids is 1. The standard InChI is InChI=1S/C16H17N3O3/c20-13-9-14(18-17-10-13)15-7-4-8-19(15)16(21)22-11-12-5-2-1-3-6-12/h1-3,5-6,9-10,15H,4,7-8,11H2,(H,18,20)/t15-/m0/s1. The van der Waals surface area contributed by atoms with Crippen molar-refractivity contribution in [3.63, 3.8) is 0 Å². The molecule has 1 aromatic heterocycles. The number of hydrogen-bond donors (Lipinski definition) is 1. The average Bonchev–Trinajstić information content (AvgIpc) is 3.03. The van der Waals surface area contributed by atoms with E-state index < -0.39 is 0 Å². The Hall–Kier alpha value is -2.63. The second-order valence-corrected chi connectivity index (χ2v) is 5.26. The molecule has 0 unspecified atom stereocenters. The highest BCUT2D eigenvalue weighted by atomic mass is 16.6. The predicted molar refractivity (Wildman–Crippen MR) is 80.2 cm³/mol. The van der Waals surface area contributed by atoms with Gasteiger partial charge >= 0.3 is 6.09 Å². The molecule has 1 fully saturated rings. The van der Waals surface area contributed by atoms with Gasteiger partial charge in [0.2, 0.25) is 0 Å². The van der Waals surface area contributed by atoms with Crippen LogP contribution in [0, 0.1) is 0 Å². The number of aromatic amines is 1. The summed E-state index contributed by atoms with van der Waals surface area (Å²) in [4.78, 5) is 25.3. The maximum absolute atomic E-state index is 12.3. The number of nitrogens with zero attached hydrogens (tertiary/aromatic N) is 2. The number of aromatic nitrogens is 2. The van der Waals surface area contributed by atoms with E-state index in [1.165, 1.54) is 12.3 Å². The second kappa shape index (κ2) is 6.43. The quantitative estimate of drug-likeness (QED) is 0.943. The molecular formula is C16H17N3O3. The van der Waals surface area contributed by atoms with Crippen molar-refractivity contribution in [1.29, 1.82) is 0 Å². The topological polar surface area (TPSA) is 75.3 Å². The van der Waals surface area contributed by atoms with Crippen LogP contribution in [-0.2, 0) is 11.3 Å². The van der Waals surface area contributed by atoms with Crippen LogP contribution in [0.25, 0.3) is 0 Å². The fourth-order valence-corrected chi connectivity index (χ4v) is 2.67. The number of H-pyrrole nitrogens is 1. The van der Waals surface area contributed by atoms with Gasteiger partial charge in [0.05, 0.1) is 17.9 Å². The molecule has 0 bridgehead atoms. The lowest BCUT2D eigenvalue weighted by atomic mass is 10.1. The lowest BCUT2D eigenvalue weighted by molar-refractivity contribution is 0.0913. The van der Waals surface area contributed by atoms with Gasteiger partial charge in [-0.1, -0.05) is 30.3 Å². The summed E-state index contributed by atoms with van der Waals surface area (Å²) in [6, 6.07) is 10.9. The van der Waals surface area contributed by atoms with Crippen molar-refractivity contribution < 1.29 is 9.53 Å². The first-order chi connectivity index (χ1) is 10.7. The van der Waals surface area contributed by atoms with Gasteiger partial charge in [0.1, 0.15) is 6.61 Å². The van der Waals surface area contributed by atoms with Crippen molar-refractivity contribution in [1.82, 2.24) is 15.1 Å². The fraction of sp³-hybridized carbons (Fsp3) is 0.312. The summed E-state index contributed by atoms with van der Waals surface area (Å²) in [5, 5.41) is 6.61. The number of ether oxygens (including phenoxy) is 1. The number of hydrogen-bond acceptors (Lipinski definition) is 4. The molecule has 1 aliphatic rings. The van der Waals surface area contributed by atoms with Crippen LogP contribution in [0.4, 0.5) is 4.79 Å². The SMILES string of the molecule is O=C(OCc1ccccc1)N1CCC[C@H]1c1cc(=O)cn[nH]1. The summed E-state index contributed by atoms with van der Waals surface area (Å²) in [6.07, 6.45) is 2.52. The van der Waals surface area contributed by atoms with E-state index in [0.29, 0.717) is 12.2 Å². The van der Waals surface area contributed by atoms with Crippen LogP contribution in [-0.4, -0.2) is 27.7 Å². The van der Waals surface area contributed by atoms with Crippen LogP contribution >= 0.6 is 0 Å². The Morgan fingerprint density at radius 1 is 1.36 bits per heavy atom. The Morgan fingerprint density at radius 3 is 2.95 bits per heavy atom. The number of amides is 1. The van der Waals surface area contributed by atoms with Crippen LogP contribution < -0.4 is 5.43 Å². The molecule has 0 saturated carbocycles. The van der Waals surface area contributed by atoms with Crippen molar-refractivity contribution in [2.45, 2.75) is 25.5 Å². The molecule has 1 aromatic carbocycles. The molecule has 1 saturated heterocycles. The molecule has 0 aliphatic carbocycles. The molecule has 1 amide bonds. The van der Waals surface area contributed by atoms with E-state index in [-0.39, 0.29) is 24.2 Å². The number of carbonyl (C=O) groups is 1. The molecule has 114 valence electrons. The van der Waals surface area contributed by atoms with Crippen LogP contribution in [0.5, 0.6) is 0 Å². The first-order valence-electron chi connectivity index (χ1n) is 7.26. The number of nitrogens with one attached hydrogen (secondary N) is 1. The minimum absolute atomic E-state index is 0.168. The monoisotopic (exact) mass is 299 g/mol. The highest BCUT2D eigenvalue weighted by molar-refractivity contribution is 5.68. The Morgan fingerprint density at radius 2 is 2.18 bits per heavy atom. The third kappa shape index (κ3) is 3.16. The summed E-state index contributed by atoms with van der Waals surface area (Å²) in [5.74, 6) is 0. The zero-order valence-corrected chi connectivity index (χ0v) is 12.1. The number of likely N-dealkylation sites (tertiary alicyclic amines) is 1. The molecule has 6 nitrogen and oxygen atoms in total. The van der Waals surface area contributed by atoms with Gasteiger partial charge in [-0.05, 0) is 18.4 Å². The van der Waals surface area contributed by atoms with Gasteiger partial charge in [0.25, 0.3) is 0 Å². The fourth-order valence-electron chi connectivity index (χ4n) is 2.67. The summed E-state index contributed by atoms with van der Waals surface area (Å²) in [7, 11) is 0. The minimum atomic E-state index is -0.365. The maximum atomic E-state index is 12.3. The molecule has 0 radical (unpaired) electrons. The van der Waals surface area contributed by atoms with Crippen molar-refractivity contribution in [2.24, 2.45) is 0 Å². The first kappa shape index (κ1) is 14.3. The van der Waals surface area contributed by atoms with Crippen molar-refractivity contribution in [2.75, 3.05) is 6.54 Å². The van der Waals surface area contributed by atoms with Crippen molar-refractivity contribution in [3.05, 3.63) is 64.1 Å². The zero-order chi connectivity index (χ0) is 15.4. The summed E-state index contributed by atoms with van der Waals surface area (Å²) >= 11 is 0. The number of rotatable bonds is 3. The van der Waals surface area contributed by atoms with Crippen LogP contribution in [0.1, 0.15) is 30.1 Å². The summed E-state index contributed by atoms with van der Waals surface area (Å²) in [6.45, 7) is 0.863. The Kier molecular flexibility index (Phi) is 4.18. The highest BCUT2D eigenvalue weighted by Crippen LogP contribution is 2.30. The van der Waals surface area contributed by atoms with Gasteiger partial charge in [-0.25, -0.2) is 4.79 Å². The largest absolute Gasteiger partial charge is 0.445 e. The van der Waals surface area contributed by atoms with Gasteiger partial charge in [-0.15, -0.1) is 0 Å². The molecule has 1 atom stereocenters. The Labute approximate surface area is 127 Å². The third-order valence-electron chi connectivity index (χ3n) is 3.73. The van der Waals surface area contributed by atoms with E-state index in [0.717, 1.165) is 18.4 Å².